The quantitative estimate of drug-likeness (QED) is 0.731. The molecule has 6 heteroatoms. The monoisotopic (exact) mass is 389 g/mol. The van der Waals surface area contributed by atoms with Gasteiger partial charge in [0.2, 0.25) is 5.91 Å². The van der Waals surface area contributed by atoms with E-state index in [2.05, 4.69) is 31.0 Å². The molecular formula is C19H33Cl2N3O. The molecule has 1 aliphatic heterocycles. The highest BCUT2D eigenvalue weighted by molar-refractivity contribution is 5.85. The summed E-state index contributed by atoms with van der Waals surface area (Å²) in [5.41, 5.74) is 7.74. The number of halogens is 2. The number of nitrogens with zero attached hydrogens (tertiary/aromatic N) is 1. The van der Waals surface area contributed by atoms with Crippen LogP contribution in [-0.4, -0.2) is 36.5 Å². The zero-order chi connectivity index (χ0) is 16.8. The molecule has 0 radical (unpaired) electrons. The number of nitrogens with two attached hydrogens (primary N) is 1. The van der Waals surface area contributed by atoms with Gasteiger partial charge in [-0.3, -0.25) is 4.79 Å². The Morgan fingerprint density at radius 2 is 1.84 bits per heavy atom. The van der Waals surface area contributed by atoms with E-state index in [4.69, 9.17) is 5.73 Å². The molecule has 3 unspecified atom stereocenters. The molecule has 0 saturated carbocycles. The van der Waals surface area contributed by atoms with E-state index in [-0.39, 0.29) is 36.8 Å². The Morgan fingerprint density at radius 1 is 1.24 bits per heavy atom. The Morgan fingerprint density at radius 3 is 2.44 bits per heavy atom. The first-order chi connectivity index (χ1) is 10.9. The maximum Gasteiger partial charge on any atom is 0.220 e. The number of carbonyl (C=O) groups is 1. The number of amides is 1. The normalized spacial score (nSPS) is 21.6. The lowest BCUT2D eigenvalue weighted by molar-refractivity contribution is -0.121. The molecule has 1 aliphatic rings. The van der Waals surface area contributed by atoms with Crippen LogP contribution in [0.4, 0.5) is 5.69 Å². The first-order valence-corrected chi connectivity index (χ1v) is 8.79. The molecule has 0 bridgehead atoms. The van der Waals surface area contributed by atoms with Crippen molar-refractivity contribution in [1.29, 1.82) is 0 Å². The number of benzene rings is 1. The van der Waals surface area contributed by atoms with Crippen molar-refractivity contribution in [2.75, 3.05) is 25.4 Å². The van der Waals surface area contributed by atoms with Gasteiger partial charge < -0.3 is 16.0 Å². The average Bonchev–Trinajstić information content (AvgIpc) is 2.45. The van der Waals surface area contributed by atoms with Crippen LogP contribution >= 0.6 is 24.8 Å². The van der Waals surface area contributed by atoms with Crippen LogP contribution in [0.1, 0.15) is 39.2 Å². The Labute approximate surface area is 164 Å². The zero-order valence-corrected chi connectivity index (χ0v) is 17.2. The van der Waals surface area contributed by atoms with Crippen LogP contribution < -0.4 is 11.1 Å². The van der Waals surface area contributed by atoms with Crippen molar-refractivity contribution in [3.63, 3.8) is 0 Å². The second-order valence-corrected chi connectivity index (χ2v) is 7.33. The number of likely N-dealkylation sites (tertiary alicyclic amines) is 1. The van der Waals surface area contributed by atoms with E-state index in [0.29, 0.717) is 12.8 Å². The number of nitrogens with one attached hydrogen (secondary N) is 1. The summed E-state index contributed by atoms with van der Waals surface area (Å²) < 4.78 is 0. The molecular weight excluding hydrogens is 357 g/mol. The number of aryl methyl sites for hydroxylation is 1. The summed E-state index contributed by atoms with van der Waals surface area (Å²) >= 11 is 0. The van der Waals surface area contributed by atoms with E-state index in [1.807, 2.05) is 24.3 Å². The van der Waals surface area contributed by atoms with Crippen LogP contribution in [0.15, 0.2) is 24.3 Å². The highest BCUT2D eigenvalue weighted by Gasteiger charge is 2.23. The molecule has 1 aromatic carbocycles. The van der Waals surface area contributed by atoms with Gasteiger partial charge in [0.1, 0.15) is 0 Å². The molecule has 2 rings (SSSR count). The van der Waals surface area contributed by atoms with Crippen LogP contribution in [0.25, 0.3) is 0 Å². The summed E-state index contributed by atoms with van der Waals surface area (Å²) in [6.45, 7) is 9.95. The van der Waals surface area contributed by atoms with Crippen molar-refractivity contribution in [2.24, 2.45) is 11.8 Å². The number of carbonyl (C=O) groups excluding carboxylic acids is 1. The molecule has 3 atom stereocenters. The zero-order valence-electron chi connectivity index (χ0n) is 15.5. The summed E-state index contributed by atoms with van der Waals surface area (Å²) in [6.07, 6.45) is 2.50. The minimum Gasteiger partial charge on any atom is -0.399 e. The van der Waals surface area contributed by atoms with Gasteiger partial charge in [-0.25, -0.2) is 0 Å². The number of para-hydroxylation sites is 1. The van der Waals surface area contributed by atoms with Gasteiger partial charge in [-0.1, -0.05) is 32.0 Å². The molecule has 0 spiro atoms. The number of rotatable bonds is 6. The predicted molar refractivity (Wildman–Crippen MR) is 111 cm³/mol. The Hall–Kier alpha value is -0.970. The van der Waals surface area contributed by atoms with E-state index in [1.54, 1.807) is 0 Å². The standard InChI is InChI=1S/C19H31N3O.2ClH/c1-14-10-15(2)12-22(11-14)13-16(3)21-19(23)9-8-17-6-4-5-7-18(17)20;;/h4-7,14-16H,8-13,20H2,1-3H3,(H,21,23);2*1H. The van der Waals surface area contributed by atoms with Crippen molar-refractivity contribution in [3.05, 3.63) is 29.8 Å². The summed E-state index contributed by atoms with van der Waals surface area (Å²) in [4.78, 5) is 14.6. The Bertz CT molecular complexity index is 517. The van der Waals surface area contributed by atoms with Crippen LogP contribution in [0.3, 0.4) is 0 Å². The molecule has 25 heavy (non-hydrogen) atoms. The topological polar surface area (TPSA) is 58.4 Å². The van der Waals surface area contributed by atoms with Gasteiger partial charge in [0.05, 0.1) is 0 Å². The summed E-state index contributed by atoms with van der Waals surface area (Å²) in [6, 6.07) is 7.94. The predicted octanol–water partition coefficient (Wildman–Crippen LogP) is 3.53. The van der Waals surface area contributed by atoms with Gasteiger partial charge in [0.15, 0.2) is 0 Å². The fourth-order valence-electron chi connectivity index (χ4n) is 3.73. The molecule has 144 valence electrons. The molecule has 1 heterocycles. The molecule has 4 nitrogen and oxygen atoms in total. The van der Waals surface area contributed by atoms with Crippen molar-refractivity contribution < 1.29 is 4.79 Å². The van der Waals surface area contributed by atoms with Crippen LogP contribution in [0, 0.1) is 11.8 Å². The fourth-order valence-corrected chi connectivity index (χ4v) is 3.73. The Kier molecular flexibility index (Phi) is 11.2. The molecule has 0 aromatic heterocycles. The van der Waals surface area contributed by atoms with E-state index in [9.17, 15) is 4.79 Å². The highest BCUT2D eigenvalue weighted by atomic mass is 35.5. The van der Waals surface area contributed by atoms with Crippen LogP contribution in [0.2, 0.25) is 0 Å². The average molecular weight is 390 g/mol. The van der Waals surface area contributed by atoms with Crippen molar-refractivity contribution in [1.82, 2.24) is 10.2 Å². The molecule has 1 amide bonds. The largest absolute Gasteiger partial charge is 0.399 e. The number of nitrogen functional groups attached to an aromatic ring is 1. The summed E-state index contributed by atoms with van der Waals surface area (Å²) in [7, 11) is 0. The molecule has 1 fully saturated rings. The lowest BCUT2D eigenvalue weighted by atomic mass is 9.92. The van der Waals surface area contributed by atoms with Gasteiger partial charge in [0.25, 0.3) is 0 Å². The van der Waals surface area contributed by atoms with Crippen LogP contribution in [-0.2, 0) is 11.2 Å². The molecule has 1 saturated heterocycles. The maximum atomic E-state index is 12.1. The lowest BCUT2D eigenvalue weighted by Crippen LogP contribution is -2.47. The van der Waals surface area contributed by atoms with Gasteiger partial charge in [-0.05, 0) is 43.2 Å². The van der Waals surface area contributed by atoms with Crippen LogP contribution in [0.5, 0.6) is 0 Å². The van der Waals surface area contributed by atoms with Crippen molar-refractivity contribution >= 4 is 36.4 Å². The first-order valence-electron chi connectivity index (χ1n) is 8.79. The number of hydrogen-bond acceptors (Lipinski definition) is 3. The van der Waals surface area contributed by atoms with E-state index >= 15 is 0 Å². The van der Waals surface area contributed by atoms with Gasteiger partial charge in [-0.2, -0.15) is 0 Å². The number of piperidine rings is 1. The van der Waals surface area contributed by atoms with E-state index in [1.165, 1.54) is 6.42 Å². The molecule has 0 aliphatic carbocycles. The third kappa shape index (κ3) is 8.30. The minimum absolute atomic E-state index is 0. The number of hydrogen-bond donors (Lipinski definition) is 2. The van der Waals surface area contributed by atoms with E-state index in [0.717, 1.165) is 42.7 Å². The SMILES string of the molecule is CC1CC(C)CN(CC(C)NC(=O)CCc2ccccc2N)C1.Cl.Cl. The summed E-state index contributed by atoms with van der Waals surface area (Å²) in [5.74, 6) is 1.62. The van der Waals surface area contributed by atoms with Gasteiger partial charge in [0, 0.05) is 37.8 Å². The summed E-state index contributed by atoms with van der Waals surface area (Å²) in [5, 5.41) is 3.13. The van der Waals surface area contributed by atoms with Crippen molar-refractivity contribution in [2.45, 2.75) is 46.1 Å². The minimum atomic E-state index is 0. The van der Waals surface area contributed by atoms with E-state index < -0.39 is 0 Å². The second kappa shape index (κ2) is 11.6. The fraction of sp³-hybridized carbons (Fsp3) is 0.632. The lowest BCUT2D eigenvalue weighted by Gasteiger charge is -2.36. The van der Waals surface area contributed by atoms with Crippen molar-refractivity contribution in [3.8, 4) is 0 Å². The maximum absolute atomic E-state index is 12.1. The smallest absolute Gasteiger partial charge is 0.220 e. The number of anilines is 1. The molecule has 1 aromatic rings. The first kappa shape index (κ1) is 24.0. The third-order valence-corrected chi connectivity index (χ3v) is 4.56. The highest BCUT2D eigenvalue weighted by Crippen LogP contribution is 2.20. The second-order valence-electron chi connectivity index (χ2n) is 7.33. The van der Waals surface area contributed by atoms with Gasteiger partial charge >= 0.3 is 0 Å². The molecule has 3 N–H and O–H groups in total. The van der Waals surface area contributed by atoms with Gasteiger partial charge in [-0.15, -0.1) is 24.8 Å². The third-order valence-electron chi connectivity index (χ3n) is 4.56. The Balaban J connectivity index is 0.00000288.